The summed E-state index contributed by atoms with van der Waals surface area (Å²) >= 11 is 0. The van der Waals surface area contributed by atoms with Crippen molar-refractivity contribution in [2.24, 2.45) is 5.92 Å². The first-order valence-corrected chi connectivity index (χ1v) is 10.4. The molecule has 0 aliphatic carbocycles. The van der Waals surface area contributed by atoms with E-state index in [1.807, 2.05) is 0 Å². The van der Waals surface area contributed by atoms with E-state index >= 15 is 0 Å². The van der Waals surface area contributed by atoms with Crippen LogP contribution in [0.1, 0.15) is 38.9 Å². The van der Waals surface area contributed by atoms with Gasteiger partial charge in [-0.1, -0.05) is 0 Å². The highest BCUT2D eigenvalue weighted by atomic mass is 19.4. The van der Waals surface area contributed by atoms with Gasteiger partial charge in [0, 0.05) is 25.9 Å². The summed E-state index contributed by atoms with van der Waals surface area (Å²) in [5.74, 6) is -2.51. The van der Waals surface area contributed by atoms with E-state index in [2.05, 4.69) is 15.3 Å². The molecule has 0 aromatic carbocycles. The Morgan fingerprint density at radius 3 is 2.53 bits per heavy atom. The van der Waals surface area contributed by atoms with E-state index in [0.717, 1.165) is 6.20 Å². The number of piperidine rings is 1. The third kappa shape index (κ3) is 7.14. The minimum atomic E-state index is -4.64. The van der Waals surface area contributed by atoms with Gasteiger partial charge in [0.25, 0.3) is 0 Å². The van der Waals surface area contributed by atoms with Crippen LogP contribution in [0.3, 0.4) is 0 Å². The van der Waals surface area contributed by atoms with Crippen molar-refractivity contribution < 1.29 is 37.0 Å². The lowest BCUT2D eigenvalue weighted by Crippen LogP contribution is -2.53. The first-order chi connectivity index (χ1) is 15.2. The van der Waals surface area contributed by atoms with Crippen LogP contribution in [0.5, 0.6) is 0 Å². The summed E-state index contributed by atoms with van der Waals surface area (Å²) in [6.45, 7) is 4.45. The highest BCUT2D eigenvalue weighted by molar-refractivity contribution is 5.94. The van der Waals surface area contributed by atoms with Gasteiger partial charge in [0.2, 0.25) is 11.7 Å². The van der Waals surface area contributed by atoms with Crippen LogP contribution in [0, 0.1) is 5.92 Å². The average Bonchev–Trinajstić information content (AvgIpc) is 2.76. The lowest BCUT2D eigenvalue weighted by atomic mass is 9.86. The monoisotopic (exact) mass is 460 g/mol. The highest BCUT2D eigenvalue weighted by Crippen LogP contribution is 2.29. The Hall–Kier alpha value is -2.76. The van der Waals surface area contributed by atoms with Crippen molar-refractivity contribution in [3.05, 3.63) is 18.1 Å². The normalized spacial score (nSPS) is 16.8. The number of nitrogens with one attached hydrogen (secondary N) is 1. The number of esters is 1. The molecule has 2 heterocycles. The van der Waals surface area contributed by atoms with Crippen molar-refractivity contribution in [3.63, 3.8) is 0 Å². The van der Waals surface area contributed by atoms with Crippen LogP contribution >= 0.6 is 0 Å². The number of hydrogen-bond donors (Lipinski definition) is 1. The summed E-state index contributed by atoms with van der Waals surface area (Å²) in [6.07, 6.45) is -3.45. The van der Waals surface area contributed by atoms with Crippen LogP contribution in [-0.2, 0) is 30.0 Å². The predicted octanol–water partition coefficient (Wildman–Crippen LogP) is 1.75. The predicted molar refractivity (Wildman–Crippen MR) is 107 cm³/mol. The van der Waals surface area contributed by atoms with E-state index in [0.29, 0.717) is 32.2 Å². The number of nitrogens with zero attached hydrogens (tertiary/aromatic N) is 3. The number of carbonyl (C=O) groups excluding carboxylic acids is 3. The maximum absolute atomic E-state index is 12.9. The van der Waals surface area contributed by atoms with Crippen molar-refractivity contribution >= 4 is 24.0 Å². The van der Waals surface area contributed by atoms with Gasteiger partial charge in [0.1, 0.15) is 18.3 Å². The third-order valence-electron chi connectivity index (χ3n) is 5.05. The van der Waals surface area contributed by atoms with E-state index in [4.69, 9.17) is 9.47 Å². The molecule has 32 heavy (non-hydrogen) atoms. The standard InChI is InChI=1S/C20H27F3N4O5/c1-3-31-14(12-28)18(26-16(29)11-17(30)32-4-2)13-6-9-27(10-7-13)15-5-8-24-19(25-15)20(21,22)23/h5,8,12-14,18H,3-4,6-7,9-11H2,1-2H3,(H,26,29). The Bertz CT molecular complexity index is 785. The number of hydrogen-bond acceptors (Lipinski definition) is 8. The molecular formula is C20H27F3N4O5. The quantitative estimate of drug-likeness (QED) is 0.320. The second-order valence-corrected chi connectivity index (χ2v) is 7.19. The zero-order valence-corrected chi connectivity index (χ0v) is 17.9. The summed E-state index contributed by atoms with van der Waals surface area (Å²) in [5, 5.41) is 2.71. The Morgan fingerprint density at radius 2 is 1.97 bits per heavy atom. The molecule has 2 atom stereocenters. The molecule has 178 valence electrons. The smallest absolute Gasteiger partial charge is 0.451 e. The van der Waals surface area contributed by atoms with Crippen LogP contribution in [-0.4, -0.2) is 66.6 Å². The van der Waals surface area contributed by atoms with Gasteiger partial charge in [0.15, 0.2) is 6.29 Å². The van der Waals surface area contributed by atoms with E-state index in [9.17, 15) is 27.6 Å². The number of alkyl halides is 3. The molecule has 1 fully saturated rings. The largest absolute Gasteiger partial charge is 0.466 e. The molecule has 1 aromatic rings. The average molecular weight is 460 g/mol. The summed E-state index contributed by atoms with van der Waals surface area (Å²) in [5.41, 5.74) is 0. The van der Waals surface area contributed by atoms with E-state index < -0.39 is 42.4 Å². The van der Waals surface area contributed by atoms with Gasteiger partial charge < -0.3 is 24.5 Å². The number of carbonyl (C=O) groups is 3. The summed E-state index contributed by atoms with van der Waals surface area (Å²) in [4.78, 5) is 44.1. The Labute approximate surface area is 183 Å². The molecule has 0 radical (unpaired) electrons. The molecule has 1 amide bonds. The topological polar surface area (TPSA) is 111 Å². The number of rotatable bonds is 10. The Morgan fingerprint density at radius 1 is 1.28 bits per heavy atom. The molecule has 2 unspecified atom stereocenters. The maximum atomic E-state index is 12.9. The molecule has 1 aliphatic rings. The minimum absolute atomic E-state index is 0.142. The van der Waals surface area contributed by atoms with Crippen molar-refractivity contribution in [1.82, 2.24) is 15.3 Å². The molecule has 9 nitrogen and oxygen atoms in total. The number of ether oxygens (including phenoxy) is 2. The second-order valence-electron chi connectivity index (χ2n) is 7.19. The molecule has 1 saturated heterocycles. The molecule has 12 heteroatoms. The van der Waals surface area contributed by atoms with Gasteiger partial charge in [0.05, 0.1) is 12.6 Å². The first kappa shape index (κ1) is 25.5. The number of amides is 1. The van der Waals surface area contributed by atoms with E-state index in [-0.39, 0.29) is 24.9 Å². The summed E-state index contributed by atoms with van der Waals surface area (Å²) in [7, 11) is 0. The van der Waals surface area contributed by atoms with Crippen LogP contribution in [0.2, 0.25) is 0 Å². The number of halogens is 3. The van der Waals surface area contributed by atoms with Gasteiger partial charge in [-0.2, -0.15) is 13.2 Å². The van der Waals surface area contributed by atoms with E-state index in [1.165, 1.54) is 6.07 Å². The van der Waals surface area contributed by atoms with Crippen LogP contribution in [0.15, 0.2) is 12.3 Å². The Kier molecular flexibility index (Phi) is 9.36. The fourth-order valence-electron chi connectivity index (χ4n) is 3.62. The highest BCUT2D eigenvalue weighted by Gasteiger charge is 2.37. The van der Waals surface area contributed by atoms with Gasteiger partial charge in [-0.3, -0.25) is 9.59 Å². The van der Waals surface area contributed by atoms with Crippen molar-refractivity contribution in [2.45, 2.75) is 51.4 Å². The van der Waals surface area contributed by atoms with Crippen LogP contribution in [0.25, 0.3) is 0 Å². The van der Waals surface area contributed by atoms with E-state index in [1.54, 1.807) is 18.7 Å². The second kappa shape index (κ2) is 11.7. The lowest BCUT2D eigenvalue weighted by Gasteiger charge is -2.38. The number of aldehydes is 1. The van der Waals surface area contributed by atoms with Gasteiger partial charge in [-0.05, 0) is 38.7 Å². The van der Waals surface area contributed by atoms with Gasteiger partial charge in [-0.15, -0.1) is 0 Å². The zero-order chi connectivity index (χ0) is 23.7. The summed E-state index contributed by atoms with van der Waals surface area (Å²) in [6, 6.07) is 0.718. The lowest BCUT2D eigenvalue weighted by molar-refractivity contribution is -0.147. The summed E-state index contributed by atoms with van der Waals surface area (Å²) < 4.78 is 48.9. The molecule has 0 saturated carbocycles. The fourth-order valence-corrected chi connectivity index (χ4v) is 3.62. The van der Waals surface area contributed by atoms with Crippen LogP contribution in [0.4, 0.5) is 19.0 Å². The van der Waals surface area contributed by atoms with Crippen molar-refractivity contribution in [3.8, 4) is 0 Å². The molecule has 2 rings (SSSR count). The first-order valence-electron chi connectivity index (χ1n) is 10.4. The fraction of sp³-hybridized carbons (Fsp3) is 0.650. The molecule has 1 aromatic heterocycles. The molecule has 1 N–H and O–H groups in total. The molecule has 0 spiro atoms. The van der Waals surface area contributed by atoms with Gasteiger partial charge in [-0.25, -0.2) is 9.97 Å². The van der Waals surface area contributed by atoms with Gasteiger partial charge >= 0.3 is 12.1 Å². The van der Waals surface area contributed by atoms with Crippen molar-refractivity contribution in [2.75, 3.05) is 31.2 Å². The number of anilines is 1. The molecule has 0 bridgehead atoms. The minimum Gasteiger partial charge on any atom is -0.466 e. The number of aromatic nitrogens is 2. The van der Waals surface area contributed by atoms with Crippen LogP contribution < -0.4 is 10.2 Å². The van der Waals surface area contributed by atoms with Crippen molar-refractivity contribution in [1.29, 1.82) is 0 Å². The SMILES string of the molecule is CCOC(=O)CC(=O)NC(C1CCN(c2ccnc(C(F)(F)F)n2)CC1)C(C=O)OCC. The third-order valence-corrected chi connectivity index (χ3v) is 5.05. The zero-order valence-electron chi connectivity index (χ0n) is 17.9. The maximum Gasteiger partial charge on any atom is 0.451 e. The molecule has 1 aliphatic heterocycles. The molecular weight excluding hydrogens is 433 g/mol. The Balaban J connectivity index is 2.08.